The monoisotopic (exact) mass is 253 g/mol. The standard InChI is InChI=1S/C12H16BrN/c13-12-5-3-11(4-6-12)9-14-8-7-10-1-2-10/h3-6,10,14H,1-2,7-9H2. The Bertz CT molecular complexity index is 277. The van der Waals surface area contributed by atoms with Crippen LogP contribution in [-0.2, 0) is 6.54 Å². The summed E-state index contributed by atoms with van der Waals surface area (Å²) >= 11 is 3.43. The van der Waals surface area contributed by atoms with Crippen LogP contribution in [0.25, 0.3) is 0 Å². The van der Waals surface area contributed by atoms with Gasteiger partial charge in [-0.25, -0.2) is 0 Å². The first-order chi connectivity index (χ1) is 6.84. The fourth-order valence-electron chi connectivity index (χ4n) is 1.55. The summed E-state index contributed by atoms with van der Waals surface area (Å²) in [7, 11) is 0. The van der Waals surface area contributed by atoms with E-state index in [9.17, 15) is 0 Å². The van der Waals surface area contributed by atoms with Gasteiger partial charge in [0.05, 0.1) is 0 Å². The van der Waals surface area contributed by atoms with Crippen molar-refractivity contribution in [3.8, 4) is 0 Å². The molecule has 14 heavy (non-hydrogen) atoms. The second kappa shape index (κ2) is 4.94. The van der Waals surface area contributed by atoms with Crippen LogP contribution in [0, 0.1) is 5.92 Å². The number of hydrogen-bond donors (Lipinski definition) is 1. The van der Waals surface area contributed by atoms with Gasteiger partial charge in [-0.2, -0.15) is 0 Å². The fourth-order valence-corrected chi connectivity index (χ4v) is 1.81. The quantitative estimate of drug-likeness (QED) is 0.794. The van der Waals surface area contributed by atoms with Crippen LogP contribution in [0.1, 0.15) is 24.8 Å². The number of hydrogen-bond acceptors (Lipinski definition) is 1. The molecule has 0 heterocycles. The van der Waals surface area contributed by atoms with Gasteiger partial charge in [-0.15, -0.1) is 0 Å². The lowest BCUT2D eigenvalue weighted by molar-refractivity contribution is 0.613. The van der Waals surface area contributed by atoms with Crippen LogP contribution >= 0.6 is 15.9 Å². The van der Waals surface area contributed by atoms with E-state index in [1.807, 2.05) is 0 Å². The second-order valence-corrected chi connectivity index (χ2v) is 4.95. The highest BCUT2D eigenvalue weighted by Crippen LogP contribution is 2.31. The van der Waals surface area contributed by atoms with E-state index in [-0.39, 0.29) is 0 Å². The average Bonchev–Trinajstić information content (AvgIpc) is 2.99. The van der Waals surface area contributed by atoms with Crippen molar-refractivity contribution in [1.82, 2.24) is 5.32 Å². The van der Waals surface area contributed by atoms with Crippen molar-refractivity contribution in [3.05, 3.63) is 34.3 Å². The Balaban J connectivity index is 1.66. The molecule has 0 spiro atoms. The molecule has 1 fully saturated rings. The Hall–Kier alpha value is -0.340. The van der Waals surface area contributed by atoms with Gasteiger partial charge in [0, 0.05) is 11.0 Å². The van der Waals surface area contributed by atoms with Gasteiger partial charge >= 0.3 is 0 Å². The lowest BCUT2D eigenvalue weighted by Crippen LogP contribution is -2.14. The van der Waals surface area contributed by atoms with Crippen LogP contribution in [0.2, 0.25) is 0 Å². The molecule has 0 atom stereocenters. The number of benzene rings is 1. The van der Waals surface area contributed by atoms with E-state index in [2.05, 4.69) is 45.5 Å². The minimum Gasteiger partial charge on any atom is -0.313 e. The van der Waals surface area contributed by atoms with Crippen molar-refractivity contribution in [1.29, 1.82) is 0 Å². The highest BCUT2D eigenvalue weighted by molar-refractivity contribution is 9.10. The zero-order chi connectivity index (χ0) is 9.80. The molecule has 1 aromatic carbocycles. The predicted molar refractivity (Wildman–Crippen MR) is 63.2 cm³/mol. The zero-order valence-electron chi connectivity index (χ0n) is 8.30. The predicted octanol–water partition coefficient (Wildman–Crippen LogP) is 3.34. The minimum atomic E-state index is 1.00. The van der Waals surface area contributed by atoms with Gasteiger partial charge < -0.3 is 5.32 Å². The maximum Gasteiger partial charge on any atom is 0.0205 e. The van der Waals surface area contributed by atoms with Gasteiger partial charge in [0.2, 0.25) is 0 Å². The molecule has 0 bridgehead atoms. The summed E-state index contributed by atoms with van der Waals surface area (Å²) in [6.07, 6.45) is 4.27. The van der Waals surface area contributed by atoms with E-state index in [0.717, 1.165) is 16.9 Å². The largest absolute Gasteiger partial charge is 0.313 e. The molecule has 1 aliphatic carbocycles. The molecule has 0 aromatic heterocycles. The van der Waals surface area contributed by atoms with E-state index >= 15 is 0 Å². The lowest BCUT2D eigenvalue weighted by Gasteiger charge is -2.04. The first kappa shape index (κ1) is 10.2. The Morgan fingerprint density at radius 2 is 1.93 bits per heavy atom. The third-order valence-electron chi connectivity index (χ3n) is 2.67. The van der Waals surface area contributed by atoms with E-state index in [0.29, 0.717) is 0 Å². The summed E-state index contributed by atoms with van der Waals surface area (Å²) in [5, 5.41) is 3.48. The van der Waals surface area contributed by atoms with Crippen LogP contribution in [0.4, 0.5) is 0 Å². The Morgan fingerprint density at radius 3 is 2.57 bits per heavy atom. The second-order valence-electron chi connectivity index (χ2n) is 4.04. The third kappa shape index (κ3) is 3.43. The maximum atomic E-state index is 3.48. The van der Waals surface area contributed by atoms with Crippen molar-refractivity contribution in [2.75, 3.05) is 6.54 Å². The van der Waals surface area contributed by atoms with Crippen molar-refractivity contribution in [2.45, 2.75) is 25.8 Å². The molecule has 1 aromatic rings. The van der Waals surface area contributed by atoms with Crippen LogP contribution < -0.4 is 5.32 Å². The zero-order valence-corrected chi connectivity index (χ0v) is 9.89. The van der Waals surface area contributed by atoms with Crippen molar-refractivity contribution in [3.63, 3.8) is 0 Å². The SMILES string of the molecule is Brc1ccc(CNCCC2CC2)cc1. The summed E-state index contributed by atoms with van der Waals surface area (Å²) < 4.78 is 1.15. The van der Waals surface area contributed by atoms with Crippen LogP contribution in [0.15, 0.2) is 28.7 Å². The summed E-state index contributed by atoms with van der Waals surface area (Å²) in [4.78, 5) is 0. The van der Waals surface area contributed by atoms with Crippen molar-refractivity contribution in [2.24, 2.45) is 5.92 Å². The van der Waals surface area contributed by atoms with Crippen LogP contribution in [0.3, 0.4) is 0 Å². The molecule has 2 rings (SSSR count). The summed E-state index contributed by atoms with van der Waals surface area (Å²) in [6.45, 7) is 2.17. The van der Waals surface area contributed by atoms with E-state index in [4.69, 9.17) is 0 Å². The smallest absolute Gasteiger partial charge is 0.0205 e. The van der Waals surface area contributed by atoms with Crippen molar-refractivity contribution >= 4 is 15.9 Å². The Labute approximate surface area is 94.0 Å². The van der Waals surface area contributed by atoms with Gasteiger partial charge in [0.1, 0.15) is 0 Å². The third-order valence-corrected chi connectivity index (χ3v) is 3.20. The molecule has 0 aliphatic heterocycles. The maximum absolute atomic E-state index is 3.48. The average molecular weight is 254 g/mol. The van der Waals surface area contributed by atoms with Gasteiger partial charge in [-0.1, -0.05) is 40.9 Å². The highest BCUT2D eigenvalue weighted by Gasteiger charge is 2.19. The Morgan fingerprint density at radius 1 is 1.21 bits per heavy atom. The van der Waals surface area contributed by atoms with Crippen molar-refractivity contribution < 1.29 is 0 Å². The van der Waals surface area contributed by atoms with E-state index < -0.39 is 0 Å². The van der Waals surface area contributed by atoms with Crippen LogP contribution in [-0.4, -0.2) is 6.54 Å². The molecule has 0 unspecified atom stereocenters. The van der Waals surface area contributed by atoms with Gasteiger partial charge in [0.25, 0.3) is 0 Å². The molecule has 0 amide bonds. The summed E-state index contributed by atoms with van der Waals surface area (Å²) in [6, 6.07) is 8.51. The molecule has 1 nitrogen and oxygen atoms in total. The molecule has 76 valence electrons. The number of nitrogens with one attached hydrogen (secondary N) is 1. The minimum absolute atomic E-state index is 1.00. The Kier molecular flexibility index (Phi) is 3.60. The molecule has 0 saturated heterocycles. The topological polar surface area (TPSA) is 12.0 Å². The molecule has 1 saturated carbocycles. The first-order valence-corrected chi connectivity index (χ1v) is 6.09. The molecule has 2 heteroatoms. The molecular weight excluding hydrogens is 238 g/mol. The summed E-state index contributed by atoms with van der Waals surface area (Å²) in [5.74, 6) is 1.03. The van der Waals surface area contributed by atoms with E-state index in [1.165, 1.54) is 31.4 Å². The van der Waals surface area contributed by atoms with Gasteiger partial charge in [-0.3, -0.25) is 0 Å². The van der Waals surface area contributed by atoms with E-state index in [1.54, 1.807) is 0 Å². The molecule has 0 radical (unpaired) electrons. The number of halogens is 1. The van der Waals surface area contributed by atoms with Gasteiger partial charge in [0.15, 0.2) is 0 Å². The molecular formula is C12H16BrN. The number of rotatable bonds is 5. The fraction of sp³-hybridized carbons (Fsp3) is 0.500. The first-order valence-electron chi connectivity index (χ1n) is 5.30. The normalized spacial score (nSPS) is 15.8. The molecule has 1 N–H and O–H groups in total. The van der Waals surface area contributed by atoms with Gasteiger partial charge in [-0.05, 0) is 36.6 Å². The lowest BCUT2D eigenvalue weighted by atomic mass is 10.2. The van der Waals surface area contributed by atoms with Crippen LogP contribution in [0.5, 0.6) is 0 Å². The highest BCUT2D eigenvalue weighted by atomic mass is 79.9. The molecule has 1 aliphatic rings. The summed E-state index contributed by atoms with van der Waals surface area (Å²) in [5.41, 5.74) is 1.36.